The summed E-state index contributed by atoms with van der Waals surface area (Å²) < 4.78 is 17.2. The zero-order valence-corrected chi connectivity index (χ0v) is 30.0. The average molecular weight is 718 g/mol. The lowest BCUT2D eigenvalue weighted by Crippen LogP contribution is -2.50. The van der Waals surface area contributed by atoms with Crippen LogP contribution < -0.4 is 20.1 Å². The molecular formula is C42H40ClN3O6. The number of halogens is 1. The van der Waals surface area contributed by atoms with Crippen molar-refractivity contribution in [2.75, 3.05) is 21.2 Å². The van der Waals surface area contributed by atoms with Gasteiger partial charge >= 0.3 is 0 Å². The van der Waals surface area contributed by atoms with Gasteiger partial charge in [-0.25, -0.2) is 0 Å². The predicted octanol–water partition coefficient (Wildman–Crippen LogP) is 7.37. The molecular weight excluding hydrogens is 678 g/mol. The molecule has 0 aliphatic carbocycles. The van der Waals surface area contributed by atoms with Crippen molar-refractivity contribution in [1.29, 1.82) is 0 Å². The summed E-state index contributed by atoms with van der Waals surface area (Å²) in [5, 5.41) is 8.91. The third kappa shape index (κ3) is 8.73. The highest BCUT2D eigenvalue weighted by molar-refractivity contribution is 6.31. The molecule has 0 aliphatic heterocycles. The van der Waals surface area contributed by atoms with E-state index < -0.39 is 18.0 Å². The highest BCUT2D eigenvalue weighted by Crippen LogP contribution is 2.32. The number of hydrogen-bond acceptors (Lipinski definition) is 6. The average Bonchev–Trinajstić information content (AvgIpc) is 3.60. The molecule has 6 rings (SSSR count). The summed E-state index contributed by atoms with van der Waals surface area (Å²) in [4.78, 5) is 42.3. The Balaban J connectivity index is 1.19. The Hall–Kier alpha value is -5.80. The maximum Gasteiger partial charge on any atom is 0.287 e. The first-order chi connectivity index (χ1) is 25.2. The lowest BCUT2D eigenvalue weighted by Gasteiger charge is -2.29. The van der Waals surface area contributed by atoms with Gasteiger partial charge in [-0.1, -0.05) is 96.5 Å². The summed E-state index contributed by atoms with van der Waals surface area (Å²) in [5.74, 6) is 0.0608. The van der Waals surface area contributed by atoms with Crippen LogP contribution >= 0.6 is 11.6 Å². The van der Waals surface area contributed by atoms with Crippen LogP contribution in [0, 0.1) is 0 Å². The number of carbonyl (C=O) groups is 3. The first-order valence-electron chi connectivity index (χ1n) is 17.0. The summed E-state index contributed by atoms with van der Waals surface area (Å²) in [6.45, 7) is 0.439. The molecule has 0 aliphatic rings. The van der Waals surface area contributed by atoms with Crippen molar-refractivity contribution in [1.82, 2.24) is 15.5 Å². The van der Waals surface area contributed by atoms with Crippen LogP contribution in [0.25, 0.3) is 21.7 Å². The number of amides is 3. The fourth-order valence-corrected chi connectivity index (χ4v) is 6.43. The lowest BCUT2D eigenvalue weighted by atomic mass is 9.98. The summed E-state index contributed by atoms with van der Waals surface area (Å²) >= 11 is 6.25. The van der Waals surface area contributed by atoms with E-state index in [4.69, 9.17) is 25.5 Å². The van der Waals surface area contributed by atoms with Crippen molar-refractivity contribution in [3.63, 3.8) is 0 Å². The van der Waals surface area contributed by atoms with Gasteiger partial charge in [-0.3, -0.25) is 14.4 Å². The van der Waals surface area contributed by atoms with Gasteiger partial charge in [0.05, 0.1) is 7.11 Å². The van der Waals surface area contributed by atoms with Crippen LogP contribution in [-0.4, -0.2) is 55.9 Å². The second-order valence-corrected chi connectivity index (χ2v) is 13.1. The van der Waals surface area contributed by atoms with Gasteiger partial charge in [-0.05, 0) is 58.1 Å². The number of likely N-dealkylation sites (N-methyl/N-ethyl adjacent to an activating group) is 2. The SMILES string of the molecule is CNC(=O)[C@@H](Cc1ccc(OCc2ccccc2)cc1)N(C)C(=O)C[C@@H](Cc1ccc2ccccc2c1)NC(=O)c1cc2cc(Cl)cc(OC)c2o1. The van der Waals surface area contributed by atoms with E-state index in [0.29, 0.717) is 40.5 Å². The Morgan fingerprint density at radius 2 is 1.50 bits per heavy atom. The van der Waals surface area contributed by atoms with Gasteiger partial charge < -0.3 is 29.4 Å². The van der Waals surface area contributed by atoms with Crippen LogP contribution in [0.4, 0.5) is 0 Å². The van der Waals surface area contributed by atoms with E-state index in [1.807, 2.05) is 91.0 Å². The molecule has 2 N–H and O–H groups in total. The highest BCUT2D eigenvalue weighted by atomic mass is 35.5. The van der Waals surface area contributed by atoms with Crippen LogP contribution in [0.2, 0.25) is 5.02 Å². The molecule has 9 nitrogen and oxygen atoms in total. The smallest absolute Gasteiger partial charge is 0.287 e. The Morgan fingerprint density at radius 3 is 2.23 bits per heavy atom. The van der Waals surface area contributed by atoms with Gasteiger partial charge in [0.2, 0.25) is 11.8 Å². The highest BCUT2D eigenvalue weighted by Gasteiger charge is 2.29. The van der Waals surface area contributed by atoms with Crippen LogP contribution in [-0.2, 0) is 29.0 Å². The summed E-state index contributed by atoms with van der Waals surface area (Å²) in [5.41, 5.74) is 3.25. The van der Waals surface area contributed by atoms with E-state index in [1.165, 1.54) is 12.0 Å². The molecule has 0 unspecified atom stereocenters. The van der Waals surface area contributed by atoms with Gasteiger partial charge in [0.1, 0.15) is 18.4 Å². The molecule has 0 saturated carbocycles. The maximum atomic E-state index is 14.0. The number of benzene rings is 5. The molecule has 0 bridgehead atoms. The Bertz CT molecular complexity index is 2180. The molecule has 0 radical (unpaired) electrons. The van der Waals surface area contributed by atoms with Crippen LogP contribution in [0.15, 0.2) is 120 Å². The van der Waals surface area contributed by atoms with Gasteiger partial charge in [0, 0.05) is 49.5 Å². The molecule has 3 amide bonds. The molecule has 10 heteroatoms. The Morgan fingerprint density at radius 1 is 0.788 bits per heavy atom. The number of nitrogens with one attached hydrogen (secondary N) is 2. The molecule has 6 aromatic rings. The van der Waals surface area contributed by atoms with Gasteiger partial charge in [0.25, 0.3) is 5.91 Å². The molecule has 1 aromatic heterocycles. The van der Waals surface area contributed by atoms with Crippen molar-refractivity contribution in [2.24, 2.45) is 0 Å². The zero-order chi connectivity index (χ0) is 36.6. The zero-order valence-electron chi connectivity index (χ0n) is 29.2. The topological polar surface area (TPSA) is 110 Å². The fraction of sp³-hybridized carbons (Fsp3) is 0.214. The monoisotopic (exact) mass is 717 g/mol. The van der Waals surface area contributed by atoms with E-state index in [0.717, 1.165) is 27.5 Å². The molecule has 0 saturated heterocycles. The van der Waals surface area contributed by atoms with Gasteiger partial charge in [-0.2, -0.15) is 0 Å². The van der Waals surface area contributed by atoms with E-state index in [9.17, 15) is 14.4 Å². The van der Waals surface area contributed by atoms with Crippen molar-refractivity contribution in [3.8, 4) is 11.5 Å². The number of ether oxygens (including phenoxy) is 2. The van der Waals surface area contributed by atoms with Crippen molar-refractivity contribution >= 4 is 51.1 Å². The normalized spacial score (nSPS) is 12.2. The fourth-order valence-electron chi connectivity index (χ4n) is 6.22. The van der Waals surface area contributed by atoms with Gasteiger partial charge in [-0.15, -0.1) is 0 Å². The third-order valence-corrected chi connectivity index (χ3v) is 9.27. The predicted molar refractivity (Wildman–Crippen MR) is 203 cm³/mol. The summed E-state index contributed by atoms with van der Waals surface area (Å²) in [6.07, 6.45) is 0.580. The third-order valence-electron chi connectivity index (χ3n) is 9.05. The molecule has 52 heavy (non-hydrogen) atoms. The first-order valence-corrected chi connectivity index (χ1v) is 17.4. The van der Waals surface area contributed by atoms with Crippen molar-refractivity contribution in [2.45, 2.75) is 38.0 Å². The van der Waals surface area contributed by atoms with Crippen LogP contribution in [0.1, 0.15) is 33.7 Å². The number of methoxy groups -OCH3 is 1. The standard InChI is InChI=1S/C42H40ClN3O6/c1-44-41(48)36(21-27-14-17-35(18-15-27)51-26-28-9-5-4-6-10-28)46(2)39(47)25-34(20-29-13-16-30-11-7-8-12-31(30)19-29)45-42(49)38-23-32-22-33(43)24-37(50-3)40(32)52-38/h4-19,22-24,34,36H,20-21,25-26H2,1-3H3,(H,44,48)(H,45,49)/t34-,36-/m1/s1. The van der Waals surface area contributed by atoms with E-state index in [2.05, 4.69) is 16.7 Å². The van der Waals surface area contributed by atoms with Crippen molar-refractivity contribution < 1.29 is 28.3 Å². The lowest BCUT2D eigenvalue weighted by molar-refractivity contribution is -0.139. The largest absolute Gasteiger partial charge is 0.493 e. The Kier molecular flexibility index (Phi) is 11.4. The number of nitrogens with zero attached hydrogens (tertiary/aromatic N) is 1. The molecule has 1 heterocycles. The minimum atomic E-state index is -0.793. The number of hydrogen-bond donors (Lipinski definition) is 2. The van der Waals surface area contributed by atoms with E-state index in [1.54, 1.807) is 32.3 Å². The Labute approximate surface area is 307 Å². The number of furan rings is 1. The molecule has 0 fully saturated rings. The van der Waals surface area contributed by atoms with Crippen molar-refractivity contribution in [3.05, 3.63) is 143 Å². The second kappa shape index (κ2) is 16.5. The number of rotatable bonds is 14. The molecule has 266 valence electrons. The van der Waals surface area contributed by atoms with Crippen LogP contribution in [0.3, 0.4) is 0 Å². The maximum absolute atomic E-state index is 14.0. The van der Waals surface area contributed by atoms with Gasteiger partial charge in [0.15, 0.2) is 17.1 Å². The summed E-state index contributed by atoms with van der Waals surface area (Å²) in [7, 11) is 4.66. The minimum Gasteiger partial charge on any atom is -0.493 e. The quantitative estimate of drug-likeness (QED) is 0.122. The summed E-state index contributed by atoms with van der Waals surface area (Å²) in [6, 6.07) is 34.9. The number of fused-ring (bicyclic) bond motifs is 2. The first kappa shape index (κ1) is 36.0. The van der Waals surface area contributed by atoms with Crippen LogP contribution in [0.5, 0.6) is 11.5 Å². The minimum absolute atomic E-state index is 0.0549. The van der Waals surface area contributed by atoms with E-state index >= 15 is 0 Å². The molecule has 2 atom stereocenters. The molecule has 5 aromatic carbocycles. The molecule has 0 spiro atoms. The van der Waals surface area contributed by atoms with E-state index in [-0.39, 0.29) is 30.4 Å². The second-order valence-electron chi connectivity index (χ2n) is 12.7. The number of carbonyl (C=O) groups excluding carboxylic acids is 3.